The molecule has 0 spiro atoms. The lowest BCUT2D eigenvalue weighted by atomic mass is 10.0. The number of fused-ring (bicyclic) bond motifs is 1. The highest BCUT2D eigenvalue weighted by atomic mass is 35.5. The molecule has 0 aromatic heterocycles. The molecular formula is C31H35Cl2N3O6S. The highest BCUT2D eigenvalue weighted by Gasteiger charge is 2.31. The number of hydrogen-bond donors (Lipinski definition) is 1. The zero-order valence-electron chi connectivity index (χ0n) is 24.1. The maximum Gasteiger partial charge on any atom is 0.243 e. The molecule has 1 heterocycles. The average molecular weight is 649 g/mol. The van der Waals surface area contributed by atoms with Crippen LogP contribution in [-0.2, 0) is 32.6 Å². The lowest BCUT2D eigenvalue weighted by Crippen LogP contribution is -2.50. The molecule has 0 saturated carbocycles. The Morgan fingerprint density at radius 2 is 1.67 bits per heavy atom. The second kappa shape index (κ2) is 14.8. The molecular weight excluding hydrogens is 613 g/mol. The Kier molecular flexibility index (Phi) is 11.2. The highest BCUT2D eigenvalue weighted by Crippen LogP contribution is 2.36. The third-order valence-electron chi connectivity index (χ3n) is 7.01. The van der Waals surface area contributed by atoms with E-state index in [0.717, 1.165) is 18.2 Å². The van der Waals surface area contributed by atoms with Crippen LogP contribution in [0, 0.1) is 0 Å². The summed E-state index contributed by atoms with van der Waals surface area (Å²) in [5.41, 5.74) is 1.81. The first kappa shape index (κ1) is 32.4. The van der Waals surface area contributed by atoms with Crippen molar-refractivity contribution in [2.75, 3.05) is 30.4 Å². The zero-order valence-corrected chi connectivity index (χ0v) is 26.4. The minimum absolute atomic E-state index is 0.00629. The van der Waals surface area contributed by atoms with Crippen molar-refractivity contribution < 1.29 is 27.5 Å². The smallest absolute Gasteiger partial charge is 0.243 e. The lowest BCUT2D eigenvalue weighted by Gasteiger charge is -2.32. The number of carbonyl (C=O) groups excluding carboxylic acids is 2. The van der Waals surface area contributed by atoms with Crippen LogP contribution >= 0.6 is 23.2 Å². The van der Waals surface area contributed by atoms with Crippen LogP contribution in [0.2, 0.25) is 10.0 Å². The molecule has 4 rings (SSSR count). The predicted octanol–water partition coefficient (Wildman–Crippen LogP) is 5.43. The van der Waals surface area contributed by atoms with Crippen LogP contribution in [0.3, 0.4) is 0 Å². The van der Waals surface area contributed by atoms with E-state index in [1.165, 1.54) is 9.21 Å². The Labute approximate surface area is 262 Å². The Hall–Kier alpha value is -3.47. The number of sulfonamides is 1. The van der Waals surface area contributed by atoms with E-state index < -0.39 is 16.1 Å². The Morgan fingerprint density at radius 1 is 0.977 bits per heavy atom. The lowest BCUT2D eigenvalue weighted by molar-refractivity contribution is -0.141. The molecule has 1 aliphatic heterocycles. The summed E-state index contributed by atoms with van der Waals surface area (Å²) < 4.78 is 37.5. The SMILES string of the molecule is CCCNC(=O)[C@H](Cc1ccccc1)N(Cc1c(Cl)cccc1Cl)C(=O)CCCN(c1ccc2c(c1)OCO2)S(C)(=O)=O. The molecule has 1 aliphatic rings. The molecule has 2 amide bonds. The summed E-state index contributed by atoms with van der Waals surface area (Å²) in [6.45, 7) is 2.51. The number of benzene rings is 3. The van der Waals surface area contributed by atoms with Crippen molar-refractivity contribution in [3.8, 4) is 11.5 Å². The van der Waals surface area contributed by atoms with E-state index in [4.69, 9.17) is 32.7 Å². The molecule has 0 aliphatic carbocycles. The van der Waals surface area contributed by atoms with Gasteiger partial charge in [-0.15, -0.1) is 0 Å². The number of nitrogens with one attached hydrogen (secondary N) is 1. The van der Waals surface area contributed by atoms with Crippen LogP contribution in [0.15, 0.2) is 66.7 Å². The number of rotatable bonds is 14. The van der Waals surface area contributed by atoms with E-state index in [-0.39, 0.29) is 51.0 Å². The molecule has 3 aromatic rings. The topological polar surface area (TPSA) is 105 Å². The molecule has 0 radical (unpaired) electrons. The molecule has 3 aromatic carbocycles. The summed E-state index contributed by atoms with van der Waals surface area (Å²) in [6.07, 6.45) is 2.29. The fourth-order valence-corrected chi connectivity index (χ4v) is 6.29. The average Bonchev–Trinajstić information content (AvgIpc) is 3.45. The van der Waals surface area contributed by atoms with Gasteiger partial charge in [0.05, 0.1) is 11.9 Å². The van der Waals surface area contributed by atoms with Crippen molar-refractivity contribution in [1.29, 1.82) is 0 Å². The maximum absolute atomic E-state index is 14.0. The summed E-state index contributed by atoms with van der Waals surface area (Å²) in [5.74, 6) is 0.363. The summed E-state index contributed by atoms with van der Waals surface area (Å²) in [7, 11) is -3.68. The van der Waals surface area contributed by atoms with Crippen molar-refractivity contribution in [2.45, 2.75) is 45.2 Å². The number of ether oxygens (including phenoxy) is 2. The first-order valence-corrected chi connectivity index (χ1v) is 16.6. The first-order valence-electron chi connectivity index (χ1n) is 14.0. The summed E-state index contributed by atoms with van der Waals surface area (Å²) in [5, 5.41) is 3.69. The van der Waals surface area contributed by atoms with Crippen LogP contribution in [-0.4, -0.2) is 57.3 Å². The third-order valence-corrected chi connectivity index (χ3v) is 8.91. The molecule has 43 heavy (non-hydrogen) atoms. The summed E-state index contributed by atoms with van der Waals surface area (Å²) in [6, 6.07) is 18.6. The van der Waals surface area contributed by atoms with Crippen molar-refractivity contribution in [1.82, 2.24) is 10.2 Å². The van der Waals surface area contributed by atoms with Gasteiger partial charge in [0.2, 0.25) is 28.6 Å². The number of halogens is 2. The second-order valence-corrected chi connectivity index (χ2v) is 12.9. The van der Waals surface area contributed by atoms with Gasteiger partial charge in [0.1, 0.15) is 6.04 Å². The number of nitrogens with zero attached hydrogens (tertiary/aromatic N) is 2. The van der Waals surface area contributed by atoms with Crippen LogP contribution in [0.5, 0.6) is 11.5 Å². The number of amides is 2. The minimum atomic E-state index is -3.68. The van der Waals surface area contributed by atoms with Gasteiger partial charge in [-0.05, 0) is 42.7 Å². The molecule has 0 unspecified atom stereocenters. The number of hydrogen-bond acceptors (Lipinski definition) is 6. The van der Waals surface area contributed by atoms with Gasteiger partial charge in [-0.1, -0.05) is 66.5 Å². The molecule has 12 heteroatoms. The third kappa shape index (κ3) is 8.55. The fourth-order valence-electron chi connectivity index (χ4n) is 4.82. The van der Waals surface area contributed by atoms with Crippen molar-refractivity contribution in [3.63, 3.8) is 0 Å². The van der Waals surface area contributed by atoms with Gasteiger partial charge in [-0.25, -0.2) is 8.42 Å². The monoisotopic (exact) mass is 647 g/mol. The zero-order chi connectivity index (χ0) is 31.0. The van der Waals surface area contributed by atoms with Gasteiger partial charge >= 0.3 is 0 Å². The van der Waals surface area contributed by atoms with Gasteiger partial charge in [-0.2, -0.15) is 0 Å². The fraction of sp³-hybridized carbons (Fsp3) is 0.355. The van der Waals surface area contributed by atoms with E-state index >= 15 is 0 Å². The van der Waals surface area contributed by atoms with Crippen molar-refractivity contribution >= 4 is 50.7 Å². The molecule has 0 saturated heterocycles. The van der Waals surface area contributed by atoms with Gasteiger partial charge in [0.25, 0.3) is 0 Å². The van der Waals surface area contributed by atoms with Crippen LogP contribution in [0.25, 0.3) is 0 Å². The van der Waals surface area contributed by atoms with Crippen molar-refractivity contribution in [2.24, 2.45) is 0 Å². The van der Waals surface area contributed by atoms with Crippen LogP contribution < -0.4 is 19.1 Å². The normalized spacial score (nSPS) is 12.9. The van der Waals surface area contributed by atoms with E-state index in [2.05, 4.69) is 5.32 Å². The van der Waals surface area contributed by atoms with E-state index in [1.807, 2.05) is 37.3 Å². The van der Waals surface area contributed by atoms with E-state index in [9.17, 15) is 18.0 Å². The Bertz CT molecular complexity index is 1520. The predicted molar refractivity (Wildman–Crippen MR) is 168 cm³/mol. The van der Waals surface area contributed by atoms with Crippen molar-refractivity contribution in [3.05, 3.63) is 87.9 Å². The Morgan fingerprint density at radius 3 is 2.35 bits per heavy atom. The highest BCUT2D eigenvalue weighted by molar-refractivity contribution is 7.92. The molecule has 9 nitrogen and oxygen atoms in total. The minimum Gasteiger partial charge on any atom is -0.454 e. The summed E-state index contributed by atoms with van der Waals surface area (Å²) >= 11 is 13.0. The number of anilines is 1. The molecule has 230 valence electrons. The van der Waals surface area contributed by atoms with Crippen LogP contribution in [0.1, 0.15) is 37.3 Å². The largest absolute Gasteiger partial charge is 0.454 e. The molecule has 1 atom stereocenters. The molecule has 0 fully saturated rings. The van der Waals surface area contributed by atoms with Gasteiger partial charge < -0.3 is 19.7 Å². The second-order valence-electron chi connectivity index (χ2n) is 10.2. The maximum atomic E-state index is 14.0. The van der Waals surface area contributed by atoms with Crippen LogP contribution in [0.4, 0.5) is 5.69 Å². The standard InChI is InChI=1S/C31H35Cl2N3O6S/c1-3-16-34-31(38)27(18-22-9-5-4-6-10-22)35(20-24-25(32)11-7-12-26(24)33)30(37)13-8-17-36(43(2,39)40)23-14-15-28-29(19-23)42-21-41-28/h4-7,9-12,14-15,19,27H,3,8,13,16-18,20-21H2,1-2H3,(H,34,38)/t27-/m0/s1. The van der Waals surface area contributed by atoms with Gasteiger partial charge in [-0.3, -0.25) is 13.9 Å². The van der Waals surface area contributed by atoms with E-state index in [0.29, 0.717) is 39.3 Å². The first-order chi connectivity index (χ1) is 20.6. The van der Waals surface area contributed by atoms with Gasteiger partial charge in [0.15, 0.2) is 11.5 Å². The Balaban J connectivity index is 1.60. The quantitative estimate of drug-likeness (QED) is 0.250. The number of carbonyl (C=O) groups is 2. The molecule has 0 bridgehead atoms. The molecule has 1 N–H and O–H groups in total. The van der Waals surface area contributed by atoms with Gasteiger partial charge in [0, 0.05) is 54.2 Å². The summed E-state index contributed by atoms with van der Waals surface area (Å²) in [4.78, 5) is 29.0. The van der Waals surface area contributed by atoms with E-state index in [1.54, 1.807) is 36.4 Å².